The molecule has 0 bridgehead atoms. The van der Waals surface area contributed by atoms with Crippen molar-refractivity contribution in [3.63, 3.8) is 0 Å². The number of alkyl halides is 1. The SMILES string of the molecule is O=c1o[nH]c(CCl)c1/C=C1\C=Nc2ccccc21. The van der Waals surface area contributed by atoms with Crippen molar-refractivity contribution < 1.29 is 4.52 Å². The van der Waals surface area contributed by atoms with Crippen molar-refractivity contribution in [2.75, 3.05) is 0 Å². The second-order valence-corrected chi connectivity index (χ2v) is 4.16. The first-order valence-electron chi connectivity index (χ1n) is 5.41. The molecule has 0 saturated heterocycles. The summed E-state index contributed by atoms with van der Waals surface area (Å²) in [5, 5.41) is 2.51. The number of aromatic amines is 1. The first-order chi connectivity index (χ1) is 8.79. The molecule has 0 saturated carbocycles. The van der Waals surface area contributed by atoms with E-state index in [4.69, 9.17) is 16.1 Å². The summed E-state index contributed by atoms with van der Waals surface area (Å²) in [6.07, 6.45) is 3.48. The van der Waals surface area contributed by atoms with Gasteiger partial charge in [0.15, 0.2) is 0 Å². The maximum atomic E-state index is 11.6. The molecule has 1 aromatic carbocycles. The lowest BCUT2D eigenvalue weighted by molar-refractivity contribution is 0.386. The molecule has 0 fully saturated rings. The number of nitrogens with zero attached hydrogens (tertiary/aromatic N) is 1. The van der Waals surface area contributed by atoms with Crippen molar-refractivity contribution in [3.05, 3.63) is 51.5 Å². The van der Waals surface area contributed by atoms with Crippen molar-refractivity contribution >= 4 is 35.2 Å². The molecule has 0 amide bonds. The molecule has 1 aliphatic rings. The highest BCUT2D eigenvalue weighted by molar-refractivity contribution is 6.21. The summed E-state index contributed by atoms with van der Waals surface area (Å²) in [5.41, 5.74) is 3.38. The van der Waals surface area contributed by atoms with E-state index < -0.39 is 5.63 Å². The van der Waals surface area contributed by atoms with Crippen molar-refractivity contribution in [2.45, 2.75) is 5.88 Å². The summed E-state index contributed by atoms with van der Waals surface area (Å²) in [6.45, 7) is 0. The molecule has 0 spiro atoms. The summed E-state index contributed by atoms with van der Waals surface area (Å²) >= 11 is 5.74. The van der Waals surface area contributed by atoms with E-state index in [1.54, 1.807) is 12.3 Å². The van der Waals surface area contributed by atoms with Crippen LogP contribution in [0.2, 0.25) is 0 Å². The summed E-state index contributed by atoms with van der Waals surface area (Å²) in [5.74, 6) is 0.198. The van der Waals surface area contributed by atoms with Gasteiger partial charge in [0, 0.05) is 17.4 Å². The summed E-state index contributed by atoms with van der Waals surface area (Å²) in [4.78, 5) is 15.8. The first-order valence-corrected chi connectivity index (χ1v) is 5.94. The zero-order valence-corrected chi connectivity index (χ0v) is 10.1. The Labute approximate surface area is 108 Å². The molecule has 2 aromatic rings. The average Bonchev–Trinajstić information content (AvgIpc) is 2.96. The monoisotopic (exact) mass is 260 g/mol. The lowest BCUT2D eigenvalue weighted by Gasteiger charge is -1.98. The first kappa shape index (κ1) is 11.0. The number of aromatic nitrogens is 1. The summed E-state index contributed by atoms with van der Waals surface area (Å²) in [6, 6.07) is 7.74. The number of fused-ring (bicyclic) bond motifs is 1. The van der Waals surface area contributed by atoms with Crippen LogP contribution >= 0.6 is 11.6 Å². The quantitative estimate of drug-likeness (QED) is 0.844. The number of hydrogen-bond donors (Lipinski definition) is 1. The fraction of sp³-hybridized carbons (Fsp3) is 0.0769. The molecule has 1 N–H and O–H groups in total. The minimum Gasteiger partial charge on any atom is -0.338 e. The van der Waals surface area contributed by atoms with Crippen molar-refractivity contribution in [1.82, 2.24) is 5.16 Å². The molecule has 18 heavy (non-hydrogen) atoms. The lowest BCUT2D eigenvalue weighted by Crippen LogP contribution is -1.98. The zero-order chi connectivity index (χ0) is 12.5. The van der Waals surface area contributed by atoms with Crippen LogP contribution in [0.4, 0.5) is 5.69 Å². The van der Waals surface area contributed by atoms with Gasteiger partial charge < -0.3 is 4.52 Å². The Morgan fingerprint density at radius 2 is 2.22 bits per heavy atom. The second kappa shape index (κ2) is 4.31. The smallest absolute Gasteiger partial charge is 0.338 e. The van der Waals surface area contributed by atoms with Gasteiger partial charge in [-0.25, -0.2) is 9.95 Å². The van der Waals surface area contributed by atoms with Gasteiger partial charge in [0.2, 0.25) is 0 Å². The van der Waals surface area contributed by atoms with Gasteiger partial charge in [-0.2, -0.15) is 0 Å². The number of hydrogen-bond acceptors (Lipinski definition) is 3. The highest BCUT2D eigenvalue weighted by atomic mass is 35.5. The van der Waals surface area contributed by atoms with E-state index in [2.05, 4.69) is 10.1 Å². The number of aliphatic imine (C=N–C) groups is 1. The molecule has 0 aliphatic carbocycles. The van der Waals surface area contributed by atoms with Gasteiger partial charge in [-0.1, -0.05) is 18.2 Å². The van der Waals surface area contributed by atoms with Crippen molar-refractivity contribution in [3.8, 4) is 0 Å². The van der Waals surface area contributed by atoms with E-state index in [1.807, 2.05) is 24.3 Å². The minimum absolute atomic E-state index is 0.198. The van der Waals surface area contributed by atoms with Gasteiger partial charge in [0.25, 0.3) is 0 Å². The normalized spacial score (nSPS) is 15.3. The van der Waals surface area contributed by atoms with Gasteiger partial charge >= 0.3 is 5.63 Å². The average molecular weight is 261 g/mol. The van der Waals surface area contributed by atoms with Gasteiger partial charge in [0.05, 0.1) is 22.8 Å². The summed E-state index contributed by atoms with van der Waals surface area (Å²) in [7, 11) is 0. The maximum Gasteiger partial charge on any atom is 0.364 e. The van der Waals surface area contributed by atoms with Crippen LogP contribution in [0.5, 0.6) is 0 Å². The largest absolute Gasteiger partial charge is 0.364 e. The molecule has 0 atom stereocenters. The topological polar surface area (TPSA) is 58.4 Å². The predicted molar refractivity (Wildman–Crippen MR) is 71.4 cm³/mol. The molecule has 0 radical (unpaired) electrons. The molecule has 3 rings (SSSR count). The predicted octanol–water partition coefficient (Wildman–Crippen LogP) is 2.96. The Kier molecular flexibility index (Phi) is 2.64. The van der Waals surface area contributed by atoms with Gasteiger partial charge in [-0.05, 0) is 12.1 Å². The molecule has 90 valence electrons. The number of para-hydroxylation sites is 1. The van der Waals surface area contributed by atoms with Crippen LogP contribution in [-0.2, 0) is 5.88 Å². The molecule has 2 heterocycles. The Morgan fingerprint density at radius 3 is 3.06 bits per heavy atom. The number of halogens is 1. The van der Waals surface area contributed by atoms with E-state index in [1.165, 1.54) is 0 Å². The fourth-order valence-electron chi connectivity index (χ4n) is 1.90. The van der Waals surface area contributed by atoms with Crippen LogP contribution in [-0.4, -0.2) is 11.4 Å². The molecule has 5 heteroatoms. The minimum atomic E-state index is -0.420. The summed E-state index contributed by atoms with van der Waals surface area (Å²) < 4.78 is 4.73. The van der Waals surface area contributed by atoms with Crippen LogP contribution < -0.4 is 5.63 Å². The highest BCUT2D eigenvalue weighted by Crippen LogP contribution is 2.32. The Morgan fingerprint density at radius 1 is 1.39 bits per heavy atom. The van der Waals surface area contributed by atoms with Gasteiger partial charge in [-0.3, -0.25) is 4.99 Å². The highest BCUT2D eigenvalue weighted by Gasteiger charge is 2.14. The van der Waals surface area contributed by atoms with Crippen LogP contribution in [0.25, 0.3) is 11.6 Å². The molecule has 1 aliphatic heterocycles. The van der Waals surface area contributed by atoms with Crippen molar-refractivity contribution in [2.24, 2.45) is 4.99 Å². The van der Waals surface area contributed by atoms with Crippen LogP contribution in [0.15, 0.2) is 38.6 Å². The van der Waals surface area contributed by atoms with E-state index in [0.717, 1.165) is 16.8 Å². The fourth-order valence-corrected chi connectivity index (χ4v) is 2.09. The molecular formula is C13H9ClN2O2. The van der Waals surface area contributed by atoms with E-state index >= 15 is 0 Å². The van der Waals surface area contributed by atoms with Gasteiger partial charge in [-0.15, -0.1) is 11.6 Å². The number of nitrogens with one attached hydrogen (secondary N) is 1. The van der Waals surface area contributed by atoms with E-state index in [9.17, 15) is 4.79 Å². The Hall–Kier alpha value is -2.07. The Balaban J connectivity index is 2.12. The standard InChI is InChI=1S/C13H9ClN2O2/c14-6-12-10(13(17)18-16-12)5-8-7-15-11-4-2-1-3-9(8)11/h1-5,7,16H,6H2/b8-5+. The second-order valence-electron chi connectivity index (χ2n) is 3.89. The van der Waals surface area contributed by atoms with E-state index in [-0.39, 0.29) is 5.88 Å². The number of allylic oxidation sites excluding steroid dienone is 1. The Bertz CT molecular complexity index is 710. The van der Waals surface area contributed by atoms with Crippen LogP contribution in [0.1, 0.15) is 16.8 Å². The van der Waals surface area contributed by atoms with E-state index in [0.29, 0.717) is 11.3 Å². The lowest BCUT2D eigenvalue weighted by atomic mass is 10.0. The third kappa shape index (κ3) is 1.71. The number of H-pyrrole nitrogens is 1. The molecular weight excluding hydrogens is 252 g/mol. The third-order valence-corrected chi connectivity index (χ3v) is 3.07. The zero-order valence-electron chi connectivity index (χ0n) is 9.31. The number of rotatable bonds is 2. The third-order valence-electron chi connectivity index (χ3n) is 2.80. The van der Waals surface area contributed by atoms with Crippen molar-refractivity contribution in [1.29, 1.82) is 0 Å². The molecule has 4 nitrogen and oxygen atoms in total. The molecule has 1 aromatic heterocycles. The van der Waals surface area contributed by atoms with Gasteiger partial charge in [0.1, 0.15) is 0 Å². The van der Waals surface area contributed by atoms with Crippen LogP contribution in [0, 0.1) is 0 Å². The maximum absolute atomic E-state index is 11.6. The van der Waals surface area contributed by atoms with Crippen LogP contribution in [0.3, 0.4) is 0 Å². The molecule has 0 unspecified atom stereocenters. The number of benzene rings is 1.